The quantitative estimate of drug-likeness (QED) is 0.0813. The number of nitrogens with zero attached hydrogens (tertiary/aromatic N) is 1. The molecule has 5 N–H and O–H groups in total. The molecule has 0 unspecified atom stereocenters. The van der Waals surface area contributed by atoms with Gasteiger partial charge in [0.15, 0.2) is 6.29 Å². The molecule has 4 aromatic rings. The summed E-state index contributed by atoms with van der Waals surface area (Å²) in [6, 6.07) is 9.19. The van der Waals surface area contributed by atoms with Crippen molar-refractivity contribution in [1.82, 2.24) is 25.9 Å². The minimum Gasteiger partial charge on any atom is -0.467 e. The number of hydrogen-bond acceptors (Lipinski definition) is 9. The summed E-state index contributed by atoms with van der Waals surface area (Å²) in [5.74, 6) is -1.47. The number of aliphatic hydroxyl groups is 1. The topological polar surface area (TPSA) is 181 Å². The average molecular weight is 706 g/mol. The number of nitrogens with one attached hydrogen (secondary N) is 4. The second kappa shape index (κ2) is 19.2. The van der Waals surface area contributed by atoms with E-state index in [1.54, 1.807) is 24.6 Å². The van der Waals surface area contributed by atoms with Gasteiger partial charge in [-0.15, -0.1) is 0 Å². The van der Waals surface area contributed by atoms with Gasteiger partial charge in [-0.05, 0) is 56.4 Å². The maximum Gasteiger partial charge on any atom is 0.243 e. The van der Waals surface area contributed by atoms with E-state index >= 15 is 0 Å². The van der Waals surface area contributed by atoms with Gasteiger partial charge in [0, 0.05) is 37.6 Å². The van der Waals surface area contributed by atoms with Gasteiger partial charge in [-0.25, -0.2) is 4.98 Å². The molecule has 51 heavy (non-hydrogen) atoms. The first-order chi connectivity index (χ1) is 24.8. The Morgan fingerprint density at radius 1 is 0.980 bits per heavy atom. The van der Waals surface area contributed by atoms with Crippen LogP contribution in [0, 0.1) is 11.8 Å². The van der Waals surface area contributed by atoms with Gasteiger partial charge in [-0.1, -0.05) is 50.3 Å². The molecule has 0 radical (unpaired) electrons. The fourth-order valence-electron chi connectivity index (χ4n) is 6.85. The summed E-state index contributed by atoms with van der Waals surface area (Å²) in [5.41, 5.74) is 2.00. The number of para-hydroxylation sites is 1. The van der Waals surface area contributed by atoms with Crippen molar-refractivity contribution in [3.63, 3.8) is 0 Å². The van der Waals surface area contributed by atoms with Gasteiger partial charge in [0.25, 0.3) is 0 Å². The van der Waals surface area contributed by atoms with Gasteiger partial charge in [-0.2, -0.15) is 0 Å². The Balaban J connectivity index is 1.35. The lowest BCUT2D eigenvalue weighted by Gasteiger charge is -2.31. The SMILES string of the molecule is CCOC(CNC(=O)C[C@@H](Cc1coc2ccccc12)C(=O)N[C@@H](Cc1c[nH]cn1)C(=O)N[C@H](CC1CCCCC1)[C@H](O)c1ccco1)OCC. The maximum absolute atomic E-state index is 14.2. The van der Waals surface area contributed by atoms with Gasteiger partial charge in [0.2, 0.25) is 17.7 Å². The summed E-state index contributed by atoms with van der Waals surface area (Å²) in [7, 11) is 0. The third-order valence-electron chi connectivity index (χ3n) is 9.46. The van der Waals surface area contributed by atoms with E-state index < -0.39 is 42.2 Å². The summed E-state index contributed by atoms with van der Waals surface area (Å²) >= 11 is 0. The molecule has 276 valence electrons. The fourth-order valence-corrected chi connectivity index (χ4v) is 6.85. The van der Waals surface area contributed by atoms with Crippen LogP contribution in [0.3, 0.4) is 0 Å². The van der Waals surface area contributed by atoms with E-state index in [1.165, 1.54) is 19.0 Å². The van der Waals surface area contributed by atoms with E-state index in [9.17, 15) is 19.5 Å². The normalized spacial score (nSPS) is 16.1. The number of benzene rings is 1. The standard InChI is InChI=1S/C38H51N5O8/c1-3-48-35(49-4-2)22-40-34(44)19-26(18-27-23-51-32-14-9-8-13-29(27)32)37(46)43-31(20-28-21-39-24-41-28)38(47)42-30(17-25-11-6-5-7-12-25)36(45)33-15-10-16-50-33/h8-10,13-16,21,23-26,30-31,35-36,45H,3-7,11-12,17-20,22H2,1-2H3,(H,39,41)(H,40,44)(H,42,47)(H,43,46)/t26-,30-,31+,36+/m1/s1. The van der Waals surface area contributed by atoms with Crippen LogP contribution in [-0.2, 0) is 36.7 Å². The smallest absolute Gasteiger partial charge is 0.243 e. The molecule has 13 nitrogen and oxygen atoms in total. The van der Waals surface area contributed by atoms with Crippen molar-refractivity contribution in [3.8, 4) is 0 Å². The predicted molar refractivity (Wildman–Crippen MR) is 189 cm³/mol. The van der Waals surface area contributed by atoms with Crippen molar-refractivity contribution in [2.24, 2.45) is 11.8 Å². The Hall–Kier alpha value is -4.46. The highest BCUT2D eigenvalue weighted by molar-refractivity contribution is 5.91. The van der Waals surface area contributed by atoms with E-state index in [1.807, 2.05) is 38.1 Å². The number of hydrogen-bond donors (Lipinski definition) is 5. The molecule has 1 fully saturated rings. The zero-order valence-corrected chi connectivity index (χ0v) is 29.5. The second-order valence-corrected chi connectivity index (χ2v) is 13.1. The van der Waals surface area contributed by atoms with E-state index in [0.717, 1.165) is 36.6 Å². The van der Waals surface area contributed by atoms with Crippen LogP contribution in [0.5, 0.6) is 0 Å². The number of fused-ring (bicyclic) bond motifs is 1. The van der Waals surface area contributed by atoms with Crippen LogP contribution in [0.2, 0.25) is 0 Å². The molecule has 1 aromatic carbocycles. The van der Waals surface area contributed by atoms with Crippen LogP contribution in [0.15, 0.2) is 70.3 Å². The molecule has 1 saturated carbocycles. The Kier molecular flexibility index (Phi) is 14.2. The predicted octanol–water partition coefficient (Wildman–Crippen LogP) is 4.73. The van der Waals surface area contributed by atoms with Gasteiger partial charge >= 0.3 is 0 Å². The van der Waals surface area contributed by atoms with Crippen molar-refractivity contribution in [3.05, 3.63) is 78.5 Å². The molecule has 3 amide bonds. The number of carbonyl (C=O) groups is 3. The largest absolute Gasteiger partial charge is 0.467 e. The Morgan fingerprint density at radius 3 is 2.47 bits per heavy atom. The zero-order valence-electron chi connectivity index (χ0n) is 29.5. The highest BCUT2D eigenvalue weighted by atomic mass is 16.7. The number of imidazole rings is 1. The third kappa shape index (κ3) is 11.0. The third-order valence-corrected chi connectivity index (χ3v) is 9.46. The number of rotatable bonds is 20. The van der Waals surface area contributed by atoms with Crippen LogP contribution in [-0.4, -0.2) is 70.9 Å². The molecule has 0 saturated heterocycles. The van der Waals surface area contributed by atoms with Crippen molar-refractivity contribution in [2.45, 2.75) is 96.1 Å². The number of furan rings is 2. The van der Waals surface area contributed by atoms with Crippen LogP contribution < -0.4 is 16.0 Å². The van der Waals surface area contributed by atoms with Crippen molar-refractivity contribution in [1.29, 1.82) is 0 Å². The van der Waals surface area contributed by atoms with Crippen LogP contribution >= 0.6 is 0 Å². The van der Waals surface area contributed by atoms with Gasteiger partial charge in [-0.3, -0.25) is 14.4 Å². The Labute approximate surface area is 298 Å². The van der Waals surface area contributed by atoms with Crippen molar-refractivity contribution >= 4 is 28.7 Å². The summed E-state index contributed by atoms with van der Waals surface area (Å²) in [6.45, 7) is 4.63. The molecule has 3 aromatic heterocycles. The van der Waals surface area contributed by atoms with Crippen molar-refractivity contribution < 1.29 is 37.8 Å². The first-order valence-electron chi connectivity index (χ1n) is 18.1. The van der Waals surface area contributed by atoms with E-state index in [2.05, 4.69) is 25.9 Å². The van der Waals surface area contributed by atoms with Gasteiger partial charge < -0.3 is 44.3 Å². The molecular weight excluding hydrogens is 654 g/mol. The van der Waals surface area contributed by atoms with Crippen LogP contribution in [0.25, 0.3) is 11.0 Å². The maximum atomic E-state index is 14.2. The van der Waals surface area contributed by atoms with E-state index in [0.29, 0.717) is 42.6 Å². The van der Waals surface area contributed by atoms with Gasteiger partial charge in [0.05, 0.1) is 43.1 Å². The summed E-state index contributed by atoms with van der Waals surface area (Å²) in [5, 5.41) is 21.0. The number of aliphatic hydroxyl groups excluding tert-OH is 1. The Morgan fingerprint density at radius 2 is 1.76 bits per heavy atom. The zero-order chi connectivity index (χ0) is 36.0. The highest BCUT2D eigenvalue weighted by Gasteiger charge is 2.33. The number of aromatic amines is 1. The van der Waals surface area contributed by atoms with E-state index in [-0.39, 0.29) is 31.7 Å². The van der Waals surface area contributed by atoms with Crippen molar-refractivity contribution in [2.75, 3.05) is 19.8 Å². The summed E-state index contributed by atoms with van der Waals surface area (Å²) < 4.78 is 22.4. The lowest BCUT2D eigenvalue weighted by molar-refractivity contribution is -0.142. The number of amides is 3. The lowest BCUT2D eigenvalue weighted by Crippen LogP contribution is -2.53. The minimum absolute atomic E-state index is 0.0893. The first kappa shape index (κ1) is 37.8. The molecule has 0 aliphatic heterocycles. The summed E-state index contributed by atoms with van der Waals surface area (Å²) in [6.07, 6.45) is 10.7. The number of H-pyrrole nitrogens is 1. The second-order valence-electron chi connectivity index (χ2n) is 13.1. The minimum atomic E-state index is -1.07. The first-order valence-corrected chi connectivity index (χ1v) is 18.1. The molecule has 4 atom stereocenters. The number of aromatic nitrogens is 2. The number of ether oxygens (including phenoxy) is 2. The summed E-state index contributed by atoms with van der Waals surface area (Å²) in [4.78, 5) is 48.9. The molecule has 0 spiro atoms. The molecule has 1 aliphatic carbocycles. The molecule has 3 heterocycles. The fraction of sp³-hybridized carbons (Fsp3) is 0.526. The average Bonchev–Trinajstić information content (AvgIpc) is 3.94. The molecule has 13 heteroatoms. The number of carbonyl (C=O) groups excluding carboxylic acids is 3. The Bertz CT molecular complexity index is 1630. The molecular formula is C38H51N5O8. The van der Waals surface area contributed by atoms with Crippen LogP contribution in [0.1, 0.15) is 81.9 Å². The molecule has 5 rings (SSSR count). The lowest BCUT2D eigenvalue weighted by atomic mass is 9.83. The van der Waals surface area contributed by atoms with Crippen LogP contribution in [0.4, 0.5) is 0 Å². The highest BCUT2D eigenvalue weighted by Crippen LogP contribution is 2.31. The molecule has 0 bridgehead atoms. The van der Waals surface area contributed by atoms with E-state index in [4.69, 9.17) is 18.3 Å². The van der Waals surface area contributed by atoms with Gasteiger partial charge in [0.1, 0.15) is 23.5 Å². The monoisotopic (exact) mass is 705 g/mol. The molecule has 1 aliphatic rings.